The maximum absolute atomic E-state index is 10.5. The van der Waals surface area contributed by atoms with E-state index < -0.39 is 4.92 Å². The molecular weight excluding hydrogens is 242 g/mol. The maximum Gasteiger partial charge on any atom is 0.383 e. The molecule has 0 spiro atoms. The van der Waals surface area contributed by atoms with Crippen molar-refractivity contribution in [1.82, 2.24) is 9.55 Å². The molecule has 1 aromatic heterocycles. The molecule has 17 heavy (non-hydrogen) atoms. The maximum atomic E-state index is 10.5. The van der Waals surface area contributed by atoms with Crippen LogP contribution in [0.15, 0.2) is 30.5 Å². The molecule has 88 valence electrons. The van der Waals surface area contributed by atoms with Gasteiger partial charge in [0.05, 0.1) is 6.54 Å². The third-order valence-corrected chi connectivity index (χ3v) is 2.68. The largest absolute Gasteiger partial charge is 0.383 e. The molecule has 0 fully saturated rings. The fraction of sp³-hybridized carbons (Fsp3) is 0.182. The first-order valence-corrected chi connectivity index (χ1v) is 5.36. The summed E-state index contributed by atoms with van der Waals surface area (Å²) >= 11 is 5.82. The van der Waals surface area contributed by atoms with Gasteiger partial charge in [-0.25, -0.2) is 0 Å². The third-order valence-electron chi connectivity index (χ3n) is 2.38. The van der Waals surface area contributed by atoms with Crippen LogP contribution >= 0.6 is 11.6 Å². The Bertz CT molecular complexity index is 548. The molecule has 1 aromatic carbocycles. The second kappa shape index (κ2) is 4.55. The first kappa shape index (κ1) is 11.6. The summed E-state index contributed by atoms with van der Waals surface area (Å²) in [6.07, 6.45) is 1.34. The Morgan fingerprint density at radius 2 is 2.06 bits per heavy atom. The second-order valence-electron chi connectivity index (χ2n) is 3.74. The molecular formula is C11H10ClN3O2. The third kappa shape index (κ3) is 2.62. The molecule has 0 atom stereocenters. The molecule has 0 amide bonds. The zero-order chi connectivity index (χ0) is 12.4. The van der Waals surface area contributed by atoms with Gasteiger partial charge in [-0.15, -0.1) is 0 Å². The van der Waals surface area contributed by atoms with Crippen molar-refractivity contribution in [3.63, 3.8) is 0 Å². The Labute approximate surface area is 103 Å². The van der Waals surface area contributed by atoms with Gasteiger partial charge in [-0.1, -0.05) is 29.8 Å². The zero-order valence-electron chi connectivity index (χ0n) is 9.13. The van der Waals surface area contributed by atoms with E-state index in [1.807, 2.05) is 31.2 Å². The number of nitro groups is 1. The van der Waals surface area contributed by atoms with E-state index in [9.17, 15) is 10.1 Å². The lowest BCUT2D eigenvalue weighted by Gasteiger charge is -2.02. The van der Waals surface area contributed by atoms with Gasteiger partial charge in [0.25, 0.3) is 0 Å². The van der Waals surface area contributed by atoms with E-state index in [1.165, 1.54) is 6.20 Å². The summed E-state index contributed by atoms with van der Waals surface area (Å²) in [5.41, 5.74) is 2.18. The average Bonchev–Trinajstić information content (AvgIpc) is 2.64. The lowest BCUT2D eigenvalue weighted by molar-refractivity contribution is -0.389. The normalized spacial score (nSPS) is 10.5. The second-order valence-corrected chi connectivity index (χ2v) is 4.08. The van der Waals surface area contributed by atoms with E-state index in [0.29, 0.717) is 6.54 Å². The fourth-order valence-corrected chi connectivity index (χ4v) is 1.66. The van der Waals surface area contributed by atoms with Crippen molar-refractivity contribution < 1.29 is 4.92 Å². The minimum atomic E-state index is -0.558. The van der Waals surface area contributed by atoms with Gasteiger partial charge in [0.2, 0.25) is 0 Å². The summed E-state index contributed by atoms with van der Waals surface area (Å²) in [5.74, 6) is -0.234. The molecule has 1 heterocycles. The number of imidazole rings is 1. The van der Waals surface area contributed by atoms with E-state index in [0.717, 1.165) is 11.1 Å². The van der Waals surface area contributed by atoms with Crippen LogP contribution in [0.5, 0.6) is 0 Å². The zero-order valence-corrected chi connectivity index (χ0v) is 9.89. The first-order valence-electron chi connectivity index (χ1n) is 4.99. The molecule has 0 bridgehead atoms. The predicted molar refractivity (Wildman–Crippen MR) is 64.2 cm³/mol. The van der Waals surface area contributed by atoms with Crippen molar-refractivity contribution in [1.29, 1.82) is 0 Å². The molecule has 0 aliphatic rings. The summed E-state index contributed by atoms with van der Waals surface area (Å²) in [7, 11) is 0. The van der Waals surface area contributed by atoms with Crippen LogP contribution in [-0.4, -0.2) is 14.5 Å². The highest BCUT2D eigenvalue weighted by Gasteiger charge is 2.16. The summed E-state index contributed by atoms with van der Waals surface area (Å²) in [4.78, 5) is 13.6. The highest BCUT2D eigenvalue weighted by Crippen LogP contribution is 2.17. The number of hydrogen-bond donors (Lipinski definition) is 0. The van der Waals surface area contributed by atoms with Gasteiger partial charge in [0.1, 0.15) is 6.20 Å². The van der Waals surface area contributed by atoms with Crippen LogP contribution in [-0.2, 0) is 6.54 Å². The van der Waals surface area contributed by atoms with Gasteiger partial charge < -0.3 is 10.1 Å². The molecule has 0 radical (unpaired) electrons. The molecule has 0 aliphatic heterocycles. The lowest BCUT2D eigenvalue weighted by Crippen LogP contribution is -1.98. The van der Waals surface area contributed by atoms with Crippen LogP contribution in [0.2, 0.25) is 5.28 Å². The first-order chi connectivity index (χ1) is 8.06. The standard InChI is InChI=1S/C11H10ClN3O2/c1-8-2-4-9(5-3-8)6-14-7-10(15(16)17)13-11(14)12/h2-5,7H,6H2,1H3. The van der Waals surface area contributed by atoms with Crippen molar-refractivity contribution >= 4 is 17.4 Å². The minimum absolute atomic E-state index is 0.122. The average molecular weight is 252 g/mol. The molecule has 6 heteroatoms. The molecule has 0 saturated heterocycles. The molecule has 5 nitrogen and oxygen atoms in total. The van der Waals surface area contributed by atoms with E-state index >= 15 is 0 Å². The number of aryl methyl sites for hydroxylation is 1. The van der Waals surface area contributed by atoms with Crippen molar-refractivity contribution in [2.75, 3.05) is 0 Å². The van der Waals surface area contributed by atoms with Crippen LogP contribution < -0.4 is 0 Å². The number of nitrogens with zero attached hydrogens (tertiary/aromatic N) is 3. The van der Waals surface area contributed by atoms with Crippen LogP contribution in [0.3, 0.4) is 0 Å². The van der Waals surface area contributed by atoms with E-state index in [4.69, 9.17) is 11.6 Å². The summed E-state index contributed by atoms with van der Waals surface area (Å²) in [5, 5.41) is 10.7. The van der Waals surface area contributed by atoms with Crippen LogP contribution in [0.25, 0.3) is 0 Å². The lowest BCUT2D eigenvalue weighted by atomic mass is 10.1. The molecule has 2 aromatic rings. The van der Waals surface area contributed by atoms with E-state index in [2.05, 4.69) is 4.98 Å². The minimum Gasteiger partial charge on any atom is -0.358 e. The smallest absolute Gasteiger partial charge is 0.358 e. The molecule has 0 aliphatic carbocycles. The fourth-order valence-electron chi connectivity index (χ4n) is 1.47. The Hall–Kier alpha value is -1.88. The Kier molecular flexibility index (Phi) is 3.10. The van der Waals surface area contributed by atoms with Gasteiger partial charge in [-0.3, -0.25) is 4.57 Å². The quantitative estimate of drug-likeness (QED) is 0.622. The number of halogens is 1. The van der Waals surface area contributed by atoms with E-state index in [1.54, 1.807) is 4.57 Å². The number of benzene rings is 1. The van der Waals surface area contributed by atoms with Gasteiger partial charge in [-0.05, 0) is 34.0 Å². The monoisotopic (exact) mass is 251 g/mol. The highest BCUT2D eigenvalue weighted by molar-refractivity contribution is 6.28. The topological polar surface area (TPSA) is 61.0 Å². The summed E-state index contributed by atoms with van der Waals surface area (Å²) in [6.45, 7) is 2.47. The molecule has 0 saturated carbocycles. The van der Waals surface area contributed by atoms with E-state index in [-0.39, 0.29) is 11.1 Å². The molecule has 0 N–H and O–H groups in total. The van der Waals surface area contributed by atoms with Crippen molar-refractivity contribution in [3.8, 4) is 0 Å². The Balaban J connectivity index is 2.24. The summed E-state index contributed by atoms with van der Waals surface area (Å²) in [6, 6.07) is 7.87. The van der Waals surface area contributed by atoms with Gasteiger partial charge in [-0.2, -0.15) is 0 Å². The number of rotatable bonds is 3. The SMILES string of the molecule is Cc1ccc(Cn2cc([N+](=O)[O-])nc2Cl)cc1. The highest BCUT2D eigenvalue weighted by atomic mass is 35.5. The van der Waals surface area contributed by atoms with Gasteiger partial charge in [0, 0.05) is 0 Å². The Morgan fingerprint density at radius 3 is 2.59 bits per heavy atom. The van der Waals surface area contributed by atoms with Crippen LogP contribution in [0.4, 0.5) is 5.82 Å². The number of aromatic nitrogens is 2. The molecule has 0 unspecified atom stereocenters. The predicted octanol–water partition coefficient (Wildman–Crippen LogP) is 2.80. The Morgan fingerprint density at radius 1 is 1.41 bits per heavy atom. The van der Waals surface area contributed by atoms with Crippen LogP contribution in [0.1, 0.15) is 11.1 Å². The molecule has 2 rings (SSSR count). The van der Waals surface area contributed by atoms with Gasteiger partial charge >= 0.3 is 11.1 Å². The van der Waals surface area contributed by atoms with Gasteiger partial charge in [0.15, 0.2) is 0 Å². The number of hydrogen-bond acceptors (Lipinski definition) is 3. The summed E-state index contributed by atoms with van der Waals surface area (Å²) < 4.78 is 1.55. The van der Waals surface area contributed by atoms with Crippen LogP contribution in [0, 0.1) is 17.0 Å². The van der Waals surface area contributed by atoms with Crippen molar-refractivity contribution in [2.45, 2.75) is 13.5 Å². The van der Waals surface area contributed by atoms with Crippen molar-refractivity contribution in [2.24, 2.45) is 0 Å². The van der Waals surface area contributed by atoms with Crippen molar-refractivity contribution in [3.05, 3.63) is 57.0 Å².